The molecule has 1 aliphatic rings. The van der Waals surface area contributed by atoms with Gasteiger partial charge in [0.05, 0.1) is 18.1 Å². The van der Waals surface area contributed by atoms with Crippen LogP contribution in [0.5, 0.6) is 0 Å². The number of ether oxygens (including phenoxy) is 1. The predicted molar refractivity (Wildman–Crippen MR) is 75.8 cm³/mol. The van der Waals surface area contributed by atoms with E-state index in [1.165, 1.54) is 5.56 Å². The van der Waals surface area contributed by atoms with E-state index >= 15 is 0 Å². The minimum absolute atomic E-state index is 0.0262. The molecule has 1 fully saturated rings. The number of carbonyl (C=O) groups excluding carboxylic acids is 1. The maximum absolute atomic E-state index is 12.1. The van der Waals surface area contributed by atoms with E-state index < -0.39 is 0 Å². The summed E-state index contributed by atoms with van der Waals surface area (Å²) in [6.45, 7) is 2.64. The van der Waals surface area contributed by atoms with Crippen LogP contribution in [0.15, 0.2) is 30.3 Å². The van der Waals surface area contributed by atoms with Crippen LogP contribution in [0, 0.1) is 5.92 Å². The van der Waals surface area contributed by atoms with Gasteiger partial charge in [0, 0.05) is 0 Å². The van der Waals surface area contributed by atoms with Gasteiger partial charge in [0.25, 0.3) is 0 Å². The lowest BCUT2D eigenvalue weighted by molar-refractivity contribution is -0.146. The Morgan fingerprint density at radius 2 is 2.05 bits per heavy atom. The van der Waals surface area contributed by atoms with E-state index in [0.29, 0.717) is 6.61 Å². The van der Waals surface area contributed by atoms with E-state index in [-0.39, 0.29) is 17.4 Å². The average Bonchev–Trinajstić information content (AvgIpc) is 3.17. The van der Waals surface area contributed by atoms with Crippen molar-refractivity contribution in [3.05, 3.63) is 35.9 Å². The van der Waals surface area contributed by atoms with Gasteiger partial charge in [-0.15, -0.1) is 0 Å². The molecule has 3 nitrogen and oxygen atoms in total. The lowest BCUT2D eigenvalue weighted by Crippen LogP contribution is -2.32. The molecule has 0 saturated heterocycles. The molecular weight excluding hydrogens is 238 g/mol. The molecule has 2 atom stereocenters. The molecule has 3 heteroatoms. The Bertz CT molecular complexity index is 430. The maximum atomic E-state index is 12.1. The van der Waals surface area contributed by atoms with Gasteiger partial charge in [-0.05, 0) is 32.5 Å². The number of carbonyl (C=O) groups is 1. The molecule has 1 saturated carbocycles. The lowest BCUT2D eigenvalue weighted by Gasteiger charge is -2.25. The second kappa shape index (κ2) is 5.74. The molecule has 0 bridgehead atoms. The average molecular weight is 261 g/mol. The lowest BCUT2D eigenvalue weighted by atomic mass is 10.0. The molecule has 2 rings (SSSR count). The molecule has 0 spiro atoms. The van der Waals surface area contributed by atoms with Gasteiger partial charge in [-0.1, -0.05) is 43.7 Å². The molecule has 1 aromatic carbocycles. The van der Waals surface area contributed by atoms with Crippen molar-refractivity contribution in [3.63, 3.8) is 0 Å². The monoisotopic (exact) mass is 261 g/mol. The fourth-order valence-electron chi connectivity index (χ4n) is 2.75. The number of esters is 1. The van der Waals surface area contributed by atoms with Crippen LogP contribution in [0.3, 0.4) is 0 Å². The first-order valence-electron chi connectivity index (χ1n) is 7.02. The van der Waals surface area contributed by atoms with Gasteiger partial charge in [0.1, 0.15) is 0 Å². The summed E-state index contributed by atoms with van der Waals surface area (Å²) < 4.78 is 5.37. The quantitative estimate of drug-likeness (QED) is 0.582. The maximum Gasteiger partial charge on any atom is 0.311 e. The number of hydrogen-bond acceptors (Lipinski definition) is 3. The van der Waals surface area contributed by atoms with Crippen molar-refractivity contribution in [1.82, 2.24) is 4.90 Å². The van der Waals surface area contributed by atoms with E-state index in [1.54, 1.807) is 0 Å². The van der Waals surface area contributed by atoms with Gasteiger partial charge in [-0.25, -0.2) is 0 Å². The molecule has 0 N–H and O–H groups in total. The minimum Gasteiger partial charge on any atom is -0.465 e. The van der Waals surface area contributed by atoms with Crippen molar-refractivity contribution in [2.24, 2.45) is 5.92 Å². The van der Waals surface area contributed by atoms with E-state index in [0.717, 1.165) is 19.3 Å². The number of benzene rings is 1. The zero-order valence-corrected chi connectivity index (χ0v) is 12.1. The highest BCUT2D eigenvalue weighted by Gasteiger charge is 2.61. The van der Waals surface area contributed by atoms with Gasteiger partial charge >= 0.3 is 5.97 Å². The Morgan fingerprint density at radius 1 is 1.37 bits per heavy atom. The zero-order valence-electron chi connectivity index (χ0n) is 12.1. The first-order valence-corrected chi connectivity index (χ1v) is 7.02. The molecule has 1 aromatic rings. The number of nitrogens with zero attached hydrogens (tertiary/aromatic N) is 1. The van der Waals surface area contributed by atoms with Crippen molar-refractivity contribution >= 4 is 5.97 Å². The van der Waals surface area contributed by atoms with Gasteiger partial charge in [0.2, 0.25) is 0 Å². The third kappa shape index (κ3) is 2.66. The Balaban J connectivity index is 2.07. The first-order chi connectivity index (χ1) is 9.13. The van der Waals surface area contributed by atoms with Crippen LogP contribution in [0.1, 0.15) is 31.7 Å². The van der Waals surface area contributed by atoms with E-state index in [9.17, 15) is 4.79 Å². The standard InChI is InChI=1S/C16H23NO2/c1-4-5-11-19-15(18)14-12-16(14,17(2)3)13-9-7-6-8-10-13/h6-10,14H,4-5,11-12H2,1-3H3. The van der Waals surface area contributed by atoms with Crippen molar-refractivity contribution in [2.45, 2.75) is 31.7 Å². The third-order valence-electron chi connectivity index (χ3n) is 4.03. The largest absolute Gasteiger partial charge is 0.465 e. The summed E-state index contributed by atoms with van der Waals surface area (Å²) in [5.74, 6) is -0.0761. The molecule has 0 heterocycles. The van der Waals surface area contributed by atoms with Crippen LogP contribution in [-0.4, -0.2) is 31.6 Å². The van der Waals surface area contributed by atoms with Crippen LogP contribution in [0.25, 0.3) is 0 Å². The Morgan fingerprint density at radius 3 is 2.63 bits per heavy atom. The molecular formula is C16H23NO2. The highest BCUT2D eigenvalue weighted by molar-refractivity contribution is 5.79. The third-order valence-corrected chi connectivity index (χ3v) is 4.03. The summed E-state index contributed by atoms with van der Waals surface area (Å²) in [5.41, 5.74) is 1.04. The highest BCUT2D eigenvalue weighted by atomic mass is 16.5. The van der Waals surface area contributed by atoms with Crippen molar-refractivity contribution in [2.75, 3.05) is 20.7 Å². The van der Waals surface area contributed by atoms with Gasteiger partial charge in [-0.3, -0.25) is 9.69 Å². The van der Waals surface area contributed by atoms with Gasteiger partial charge in [0.15, 0.2) is 0 Å². The van der Waals surface area contributed by atoms with E-state index in [1.807, 2.05) is 32.3 Å². The van der Waals surface area contributed by atoms with Crippen LogP contribution >= 0.6 is 0 Å². The SMILES string of the molecule is CCCCOC(=O)C1CC1(c1ccccc1)N(C)C. The zero-order chi connectivity index (χ0) is 13.9. The fraction of sp³-hybridized carbons (Fsp3) is 0.562. The summed E-state index contributed by atoms with van der Waals surface area (Å²) >= 11 is 0. The molecule has 1 aliphatic carbocycles. The Hall–Kier alpha value is -1.35. The fourth-order valence-corrected chi connectivity index (χ4v) is 2.75. The van der Waals surface area contributed by atoms with Crippen molar-refractivity contribution in [1.29, 1.82) is 0 Å². The van der Waals surface area contributed by atoms with Gasteiger partial charge in [-0.2, -0.15) is 0 Å². The molecule has 0 radical (unpaired) electrons. The molecule has 0 amide bonds. The second-order valence-electron chi connectivity index (χ2n) is 5.46. The number of unbranched alkanes of at least 4 members (excludes halogenated alkanes) is 1. The normalized spacial score (nSPS) is 25.4. The number of hydrogen-bond donors (Lipinski definition) is 0. The molecule has 0 aliphatic heterocycles. The minimum atomic E-state index is -0.162. The van der Waals surface area contributed by atoms with Crippen LogP contribution in [0.2, 0.25) is 0 Å². The summed E-state index contributed by atoms with van der Waals surface area (Å²) in [6, 6.07) is 10.2. The smallest absolute Gasteiger partial charge is 0.311 e. The van der Waals surface area contributed by atoms with Crippen LogP contribution in [-0.2, 0) is 15.1 Å². The van der Waals surface area contributed by atoms with Crippen LogP contribution in [0.4, 0.5) is 0 Å². The predicted octanol–water partition coefficient (Wildman–Crippen LogP) is 2.81. The van der Waals surface area contributed by atoms with Crippen molar-refractivity contribution in [3.8, 4) is 0 Å². The summed E-state index contributed by atoms with van der Waals surface area (Å²) in [7, 11) is 4.07. The summed E-state index contributed by atoms with van der Waals surface area (Å²) in [4.78, 5) is 14.3. The first kappa shape index (κ1) is 14.1. The van der Waals surface area contributed by atoms with Gasteiger partial charge < -0.3 is 4.74 Å². The highest BCUT2D eigenvalue weighted by Crippen LogP contribution is 2.56. The molecule has 104 valence electrons. The molecule has 19 heavy (non-hydrogen) atoms. The Labute approximate surface area is 115 Å². The Kier molecular flexibility index (Phi) is 4.25. The topological polar surface area (TPSA) is 29.5 Å². The van der Waals surface area contributed by atoms with Crippen LogP contribution < -0.4 is 0 Å². The second-order valence-corrected chi connectivity index (χ2v) is 5.46. The summed E-state index contributed by atoms with van der Waals surface area (Å²) in [5, 5.41) is 0. The van der Waals surface area contributed by atoms with E-state index in [4.69, 9.17) is 4.74 Å². The van der Waals surface area contributed by atoms with Crippen molar-refractivity contribution < 1.29 is 9.53 Å². The summed E-state index contributed by atoms with van der Waals surface area (Å²) in [6.07, 6.45) is 2.85. The number of rotatable bonds is 6. The molecule has 2 unspecified atom stereocenters. The van der Waals surface area contributed by atoms with E-state index in [2.05, 4.69) is 24.0 Å². The molecule has 0 aromatic heterocycles.